The van der Waals surface area contributed by atoms with E-state index in [0.29, 0.717) is 28.7 Å². The number of ether oxygens (including phenoxy) is 2. The number of nitrogens with zero attached hydrogens (tertiary/aromatic N) is 2. The number of anilines is 1. The number of benzene rings is 2. The first kappa shape index (κ1) is 22.1. The molecule has 2 aromatic carbocycles. The third-order valence-corrected chi connectivity index (χ3v) is 6.20. The summed E-state index contributed by atoms with van der Waals surface area (Å²) in [6.45, 7) is 5.72. The summed E-state index contributed by atoms with van der Waals surface area (Å²) < 4.78 is 12.0. The summed E-state index contributed by atoms with van der Waals surface area (Å²) in [6, 6.07) is 9.60. The molecule has 0 saturated carbocycles. The van der Waals surface area contributed by atoms with Crippen LogP contribution in [0.3, 0.4) is 0 Å². The van der Waals surface area contributed by atoms with Crippen molar-refractivity contribution in [3.05, 3.63) is 47.0 Å². The van der Waals surface area contributed by atoms with Gasteiger partial charge in [0.15, 0.2) is 16.6 Å². The van der Waals surface area contributed by atoms with Crippen LogP contribution in [-0.4, -0.2) is 52.3 Å². The largest absolute Gasteiger partial charge is 0.493 e. The van der Waals surface area contributed by atoms with Crippen molar-refractivity contribution in [3.63, 3.8) is 0 Å². The van der Waals surface area contributed by atoms with Gasteiger partial charge < -0.3 is 14.4 Å². The molecule has 0 aliphatic heterocycles. The Morgan fingerprint density at radius 1 is 1.13 bits per heavy atom. The summed E-state index contributed by atoms with van der Waals surface area (Å²) in [6.07, 6.45) is 0.869. The van der Waals surface area contributed by atoms with Crippen LogP contribution in [0, 0.1) is 13.8 Å². The van der Waals surface area contributed by atoms with E-state index in [4.69, 9.17) is 14.5 Å². The third-order valence-electron chi connectivity index (χ3n) is 5.16. The maximum Gasteiger partial charge on any atom is 0.263 e. The highest BCUT2D eigenvalue weighted by Gasteiger charge is 2.25. The van der Waals surface area contributed by atoms with Gasteiger partial charge in [0.05, 0.1) is 50.6 Å². The van der Waals surface area contributed by atoms with Gasteiger partial charge in [-0.15, -0.1) is 0 Å². The number of carbonyl (C=O) groups excluding carboxylic acids is 1. The van der Waals surface area contributed by atoms with Crippen molar-refractivity contribution in [1.29, 1.82) is 0 Å². The maximum absolute atomic E-state index is 13.6. The average molecular weight is 429 g/mol. The molecule has 1 heterocycles. The molecule has 1 amide bonds. The number of thiazole rings is 1. The number of aromatic nitrogens is 1. The molecule has 0 radical (unpaired) electrons. The quantitative estimate of drug-likeness (QED) is 0.599. The fourth-order valence-electron chi connectivity index (χ4n) is 3.36. The first-order valence-electron chi connectivity index (χ1n) is 10.1. The summed E-state index contributed by atoms with van der Waals surface area (Å²) >= 11 is 1.55. The zero-order chi connectivity index (χ0) is 21.8. The van der Waals surface area contributed by atoms with Gasteiger partial charge in [-0.25, -0.2) is 4.98 Å². The molecule has 0 fully saturated rings. The Labute approximate surface area is 182 Å². The molecule has 1 aromatic heterocycles. The molecule has 0 unspecified atom stereocenters. The van der Waals surface area contributed by atoms with E-state index in [1.54, 1.807) is 42.6 Å². The molecule has 0 bridgehead atoms. The Morgan fingerprint density at radius 2 is 1.87 bits per heavy atom. The summed E-state index contributed by atoms with van der Waals surface area (Å²) in [5.41, 5.74) is 3.82. The van der Waals surface area contributed by atoms with Crippen LogP contribution < -0.4 is 19.3 Å². The summed E-state index contributed by atoms with van der Waals surface area (Å²) in [4.78, 5) is 21.5. The predicted molar refractivity (Wildman–Crippen MR) is 123 cm³/mol. The van der Waals surface area contributed by atoms with Gasteiger partial charge in [0.1, 0.15) is 0 Å². The topological polar surface area (TPSA) is 56.1 Å². The van der Waals surface area contributed by atoms with E-state index in [1.165, 1.54) is 16.0 Å². The number of rotatable bonds is 8. The van der Waals surface area contributed by atoms with Gasteiger partial charge in [-0.3, -0.25) is 9.69 Å². The Hall–Kier alpha value is -2.64. The minimum atomic E-state index is -0.132. The molecule has 0 atom stereocenters. The van der Waals surface area contributed by atoms with Crippen LogP contribution in [0.4, 0.5) is 5.13 Å². The first-order chi connectivity index (χ1) is 14.3. The molecule has 0 saturated heterocycles. The minimum absolute atomic E-state index is 0.132. The van der Waals surface area contributed by atoms with Gasteiger partial charge in [0, 0.05) is 13.0 Å². The Balaban J connectivity index is 2.04. The first-order valence-corrected chi connectivity index (χ1v) is 10.9. The van der Waals surface area contributed by atoms with Crippen LogP contribution in [-0.2, 0) is 0 Å². The van der Waals surface area contributed by atoms with E-state index in [2.05, 4.69) is 40.1 Å². The highest BCUT2D eigenvalue weighted by Crippen LogP contribution is 2.35. The number of methoxy groups -OCH3 is 2. The molecule has 3 aromatic rings. The molecule has 0 aliphatic rings. The maximum atomic E-state index is 13.6. The highest BCUT2D eigenvalue weighted by molar-refractivity contribution is 7.22. The molecule has 0 spiro atoms. The number of quaternary nitrogens is 1. The van der Waals surface area contributed by atoms with E-state index in [9.17, 15) is 4.79 Å². The van der Waals surface area contributed by atoms with Gasteiger partial charge in [-0.05, 0) is 49.2 Å². The molecule has 3 rings (SSSR count). The normalized spacial score (nSPS) is 11.2. The third kappa shape index (κ3) is 4.57. The van der Waals surface area contributed by atoms with E-state index in [1.807, 2.05) is 6.07 Å². The molecular weight excluding hydrogens is 398 g/mol. The second kappa shape index (κ2) is 9.45. The van der Waals surface area contributed by atoms with Crippen LogP contribution in [0.2, 0.25) is 0 Å². The number of fused-ring (bicyclic) bond motifs is 1. The molecule has 1 N–H and O–H groups in total. The number of aryl methyl sites for hydroxylation is 2. The van der Waals surface area contributed by atoms with Crippen LogP contribution >= 0.6 is 11.3 Å². The average Bonchev–Trinajstić information content (AvgIpc) is 3.12. The second-order valence-electron chi connectivity index (χ2n) is 7.71. The van der Waals surface area contributed by atoms with Gasteiger partial charge in [-0.2, -0.15) is 0 Å². The smallest absolute Gasteiger partial charge is 0.263 e. The van der Waals surface area contributed by atoms with E-state index in [-0.39, 0.29) is 5.91 Å². The predicted octanol–water partition coefficient (Wildman–Crippen LogP) is 3.11. The number of hydrogen-bond donors (Lipinski definition) is 1. The van der Waals surface area contributed by atoms with Crippen LogP contribution in [0.25, 0.3) is 10.2 Å². The second-order valence-corrected chi connectivity index (χ2v) is 8.72. The fourth-order valence-corrected chi connectivity index (χ4v) is 4.43. The number of amides is 1. The Bertz CT molecular complexity index is 1010. The standard InChI is InChI=1S/C23H29N3O3S/c1-15-13-18-20(14-16(15)2)30-23(24-18)26(12-8-11-25(3)4)22(27)17-9-7-10-19(28-5)21(17)29-6/h7,9-10,13-14H,8,11-12H2,1-6H3/p+1. The van der Waals surface area contributed by atoms with Crippen molar-refractivity contribution in [1.82, 2.24) is 4.98 Å². The van der Waals surface area contributed by atoms with Crippen molar-refractivity contribution < 1.29 is 19.2 Å². The van der Waals surface area contributed by atoms with Gasteiger partial charge in [0.2, 0.25) is 0 Å². The van der Waals surface area contributed by atoms with Crippen LogP contribution in [0.1, 0.15) is 27.9 Å². The highest BCUT2D eigenvalue weighted by atomic mass is 32.1. The Kier molecular flexibility index (Phi) is 6.95. The van der Waals surface area contributed by atoms with Crippen molar-refractivity contribution in [2.24, 2.45) is 0 Å². The monoisotopic (exact) mass is 428 g/mol. The van der Waals surface area contributed by atoms with Crippen molar-refractivity contribution in [3.8, 4) is 11.5 Å². The van der Waals surface area contributed by atoms with Gasteiger partial charge in [0.25, 0.3) is 5.91 Å². The molecular formula is C23H30N3O3S+. The molecule has 6 nitrogen and oxygen atoms in total. The lowest BCUT2D eigenvalue weighted by Crippen LogP contribution is -3.05. The lowest BCUT2D eigenvalue weighted by Gasteiger charge is -2.22. The molecule has 30 heavy (non-hydrogen) atoms. The van der Waals surface area contributed by atoms with Crippen molar-refractivity contribution in [2.45, 2.75) is 20.3 Å². The number of carbonyl (C=O) groups is 1. The van der Waals surface area contributed by atoms with Gasteiger partial charge >= 0.3 is 0 Å². The number of hydrogen-bond acceptors (Lipinski definition) is 5. The van der Waals surface area contributed by atoms with Crippen LogP contribution in [0.5, 0.6) is 11.5 Å². The number of para-hydroxylation sites is 1. The number of nitrogens with one attached hydrogen (secondary N) is 1. The summed E-state index contributed by atoms with van der Waals surface area (Å²) in [5.74, 6) is 0.852. The lowest BCUT2D eigenvalue weighted by atomic mass is 10.1. The van der Waals surface area contributed by atoms with Crippen molar-refractivity contribution >= 4 is 32.6 Å². The summed E-state index contributed by atoms with van der Waals surface area (Å²) in [5, 5.41) is 0.707. The van der Waals surface area contributed by atoms with Crippen molar-refractivity contribution in [2.75, 3.05) is 46.3 Å². The van der Waals surface area contributed by atoms with E-state index in [0.717, 1.165) is 23.2 Å². The summed E-state index contributed by atoms with van der Waals surface area (Å²) in [7, 11) is 7.35. The SMILES string of the molecule is COc1cccc(C(=O)N(CCC[NH+](C)C)c2nc3cc(C)c(C)cc3s2)c1OC. The minimum Gasteiger partial charge on any atom is -0.493 e. The zero-order valence-corrected chi connectivity index (χ0v) is 19.4. The Morgan fingerprint density at radius 3 is 2.53 bits per heavy atom. The van der Waals surface area contributed by atoms with E-state index >= 15 is 0 Å². The van der Waals surface area contributed by atoms with E-state index < -0.39 is 0 Å². The fraction of sp³-hybridized carbons (Fsp3) is 0.391. The molecule has 160 valence electrons. The molecule has 7 heteroatoms. The van der Waals surface area contributed by atoms with Crippen LogP contribution in [0.15, 0.2) is 30.3 Å². The van der Waals surface area contributed by atoms with Gasteiger partial charge in [-0.1, -0.05) is 17.4 Å². The molecule has 0 aliphatic carbocycles. The lowest BCUT2D eigenvalue weighted by molar-refractivity contribution is -0.858. The zero-order valence-electron chi connectivity index (χ0n) is 18.5.